The minimum Gasteiger partial charge on any atom is -0.351 e. The van der Waals surface area contributed by atoms with Gasteiger partial charge in [-0.25, -0.2) is 0 Å². The molecule has 3 heterocycles. The molecule has 0 atom stereocenters. The van der Waals surface area contributed by atoms with Gasteiger partial charge in [0.2, 0.25) is 5.76 Å². The molecule has 4 nitrogen and oxygen atoms in total. The van der Waals surface area contributed by atoms with Gasteiger partial charge >= 0.3 is 6.18 Å². The number of nitrogens with zero attached hydrogens (tertiary/aromatic N) is 2. The summed E-state index contributed by atoms with van der Waals surface area (Å²) in [4.78, 5) is 15.2. The lowest BCUT2D eigenvalue weighted by Crippen LogP contribution is -2.37. The normalized spacial score (nSPS) is 16.0. The summed E-state index contributed by atoms with van der Waals surface area (Å²) in [7, 11) is 0. The number of aromatic nitrogens is 1. The Morgan fingerprint density at radius 3 is 2.64 bits per heavy atom. The summed E-state index contributed by atoms with van der Waals surface area (Å²) in [6, 6.07) is 3.20. The zero-order valence-electron chi connectivity index (χ0n) is 13.4. The third-order valence-corrected chi connectivity index (χ3v) is 5.33. The van der Waals surface area contributed by atoms with Gasteiger partial charge in [0.25, 0.3) is 5.91 Å². The van der Waals surface area contributed by atoms with Crippen LogP contribution < -0.4 is 0 Å². The SMILES string of the molecule is C#CC1CCN(C(=O)c2ccc(-c3noc(C(F)(F)F)c3C)s2)CC1. The molecule has 0 spiro atoms. The first kappa shape index (κ1) is 17.5. The Hall–Kier alpha value is -2.27. The zero-order chi connectivity index (χ0) is 18.2. The second-order valence-corrected chi connectivity index (χ2v) is 6.96. The number of alkyl halides is 3. The highest BCUT2D eigenvalue weighted by Crippen LogP contribution is 2.38. The van der Waals surface area contributed by atoms with Crippen molar-refractivity contribution in [1.29, 1.82) is 0 Å². The maximum atomic E-state index is 12.8. The van der Waals surface area contributed by atoms with Crippen LogP contribution in [-0.4, -0.2) is 29.1 Å². The van der Waals surface area contributed by atoms with Gasteiger partial charge in [0, 0.05) is 24.6 Å². The molecular weight excluding hydrogens is 353 g/mol. The maximum Gasteiger partial charge on any atom is 0.452 e. The molecule has 0 N–H and O–H groups in total. The number of hydrogen-bond acceptors (Lipinski definition) is 4. The standard InChI is InChI=1S/C17H15F3N2O2S/c1-3-11-6-8-22(9-7-11)16(23)13-5-4-12(25-13)14-10(2)15(24-21-14)17(18,19)20/h1,4-5,11H,6-9H2,2H3. The van der Waals surface area contributed by atoms with Crippen LogP contribution in [0.25, 0.3) is 10.6 Å². The minimum atomic E-state index is -4.59. The highest BCUT2D eigenvalue weighted by Gasteiger charge is 2.39. The Morgan fingerprint density at radius 2 is 2.08 bits per heavy atom. The van der Waals surface area contributed by atoms with Crippen molar-refractivity contribution in [2.24, 2.45) is 5.92 Å². The maximum absolute atomic E-state index is 12.8. The lowest BCUT2D eigenvalue weighted by atomic mass is 9.98. The Kier molecular flexibility index (Phi) is 4.60. The predicted octanol–water partition coefficient (Wildman–Crippen LogP) is 4.22. The molecule has 1 aliphatic rings. The number of halogens is 3. The number of terminal acetylenes is 1. The van der Waals surface area contributed by atoms with Gasteiger partial charge in [0.05, 0.1) is 9.75 Å². The third kappa shape index (κ3) is 3.42. The van der Waals surface area contributed by atoms with Crippen LogP contribution >= 0.6 is 11.3 Å². The second-order valence-electron chi connectivity index (χ2n) is 5.88. The molecule has 0 radical (unpaired) electrons. The van der Waals surface area contributed by atoms with E-state index in [0.717, 1.165) is 24.2 Å². The summed E-state index contributed by atoms with van der Waals surface area (Å²) in [5.74, 6) is 1.65. The highest BCUT2D eigenvalue weighted by atomic mass is 32.1. The van der Waals surface area contributed by atoms with Crippen LogP contribution in [-0.2, 0) is 6.18 Å². The van der Waals surface area contributed by atoms with Crippen molar-refractivity contribution >= 4 is 17.2 Å². The molecule has 0 bridgehead atoms. The predicted molar refractivity (Wildman–Crippen MR) is 87.0 cm³/mol. The van der Waals surface area contributed by atoms with Gasteiger partial charge in [-0.15, -0.1) is 23.7 Å². The number of thiophene rings is 1. The van der Waals surface area contributed by atoms with Gasteiger partial charge in [0.15, 0.2) is 0 Å². The molecule has 1 saturated heterocycles. The largest absolute Gasteiger partial charge is 0.452 e. The van der Waals surface area contributed by atoms with Crippen LogP contribution in [0, 0.1) is 25.2 Å². The molecule has 132 valence electrons. The fourth-order valence-corrected chi connectivity index (χ4v) is 3.83. The van der Waals surface area contributed by atoms with Crippen LogP contribution in [0.2, 0.25) is 0 Å². The molecule has 3 rings (SSSR count). The summed E-state index contributed by atoms with van der Waals surface area (Å²) < 4.78 is 42.9. The average molecular weight is 368 g/mol. The van der Waals surface area contributed by atoms with Crippen molar-refractivity contribution in [2.45, 2.75) is 25.9 Å². The van der Waals surface area contributed by atoms with Crippen molar-refractivity contribution < 1.29 is 22.5 Å². The van der Waals surface area contributed by atoms with E-state index in [-0.39, 0.29) is 23.1 Å². The molecule has 1 amide bonds. The van der Waals surface area contributed by atoms with E-state index in [2.05, 4.69) is 15.6 Å². The fraction of sp³-hybridized carbons (Fsp3) is 0.412. The average Bonchev–Trinajstić information content (AvgIpc) is 3.20. The number of hydrogen-bond donors (Lipinski definition) is 0. The van der Waals surface area contributed by atoms with E-state index in [1.807, 2.05) is 0 Å². The molecule has 8 heteroatoms. The number of carbonyl (C=O) groups is 1. The van der Waals surface area contributed by atoms with Crippen molar-refractivity contribution in [1.82, 2.24) is 10.1 Å². The lowest BCUT2D eigenvalue weighted by molar-refractivity contribution is -0.156. The summed E-state index contributed by atoms with van der Waals surface area (Å²) in [6.07, 6.45) is 2.34. The molecule has 0 aliphatic carbocycles. The number of rotatable bonds is 2. The summed E-state index contributed by atoms with van der Waals surface area (Å²) in [5, 5.41) is 3.53. The minimum absolute atomic E-state index is 0.0804. The van der Waals surface area contributed by atoms with E-state index < -0.39 is 11.9 Å². The molecule has 0 unspecified atom stereocenters. The summed E-state index contributed by atoms with van der Waals surface area (Å²) >= 11 is 1.11. The fourth-order valence-electron chi connectivity index (χ4n) is 2.82. The third-order valence-electron chi connectivity index (χ3n) is 4.25. The van der Waals surface area contributed by atoms with Crippen LogP contribution in [0.15, 0.2) is 16.7 Å². The first-order chi connectivity index (χ1) is 11.8. The Balaban J connectivity index is 1.78. The van der Waals surface area contributed by atoms with E-state index >= 15 is 0 Å². The monoisotopic (exact) mass is 368 g/mol. The Bertz CT molecular complexity index is 824. The number of likely N-dealkylation sites (tertiary alicyclic amines) is 1. The van der Waals surface area contributed by atoms with Gasteiger partial charge in [-0.2, -0.15) is 13.2 Å². The van der Waals surface area contributed by atoms with Gasteiger partial charge in [-0.1, -0.05) is 5.16 Å². The van der Waals surface area contributed by atoms with Crippen LogP contribution in [0.3, 0.4) is 0 Å². The number of carbonyl (C=O) groups excluding carboxylic acids is 1. The van der Waals surface area contributed by atoms with E-state index in [0.29, 0.717) is 22.8 Å². The van der Waals surface area contributed by atoms with Gasteiger partial charge in [0.1, 0.15) is 5.69 Å². The summed E-state index contributed by atoms with van der Waals surface area (Å²) in [5.41, 5.74) is 0.0330. The summed E-state index contributed by atoms with van der Waals surface area (Å²) in [6.45, 7) is 2.48. The van der Waals surface area contributed by atoms with Crippen LogP contribution in [0.4, 0.5) is 13.2 Å². The molecular formula is C17H15F3N2O2S. The van der Waals surface area contributed by atoms with E-state index in [9.17, 15) is 18.0 Å². The first-order valence-electron chi connectivity index (χ1n) is 7.70. The first-order valence-corrected chi connectivity index (χ1v) is 8.52. The van der Waals surface area contributed by atoms with Crippen molar-refractivity contribution in [3.05, 3.63) is 28.3 Å². The Morgan fingerprint density at radius 1 is 1.40 bits per heavy atom. The molecule has 2 aromatic rings. The van der Waals surface area contributed by atoms with Gasteiger partial charge in [-0.05, 0) is 31.9 Å². The van der Waals surface area contributed by atoms with Crippen molar-refractivity contribution in [2.75, 3.05) is 13.1 Å². The van der Waals surface area contributed by atoms with Gasteiger partial charge < -0.3 is 9.42 Å². The Labute approximate surface area is 146 Å². The molecule has 1 fully saturated rings. The van der Waals surface area contributed by atoms with E-state index in [4.69, 9.17) is 6.42 Å². The van der Waals surface area contributed by atoms with Gasteiger partial charge in [-0.3, -0.25) is 4.79 Å². The van der Waals surface area contributed by atoms with E-state index in [1.54, 1.807) is 17.0 Å². The quantitative estimate of drug-likeness (QED) is 0.746. The topological polar surface area (TPSA) is 46.3 Å². The zero-order valence-corrected chi connectivity index (χ0v) is 14.2. The van der Waals surface area contributed by atoms with Crippen LogP contribution in [0.5, 0.6) is 0 Å². The van der Waals surface area contributed by atoms with Crippen molar-refractivity contribution in [3.8, 4) is 22.9 Å². The number of amides is 1. The van der Waals surface area contributed by atoms with Crippen molar-refractivity contribution in [3.63, 3.8) is 0 Å². The molecule has 0 saturated carbocycles. The second kappa shape index (κ2) is 6.56. The highest BCUT2D eigenvalue weighted by molar-refractivity contribution is 7.17. The number of piperidine rings is 1. The molecule has 0 aromatic carbocycles. The smallest absolute Gasteiger partial charge is 0.351 e. The molecule has 2 aromatic heterocycles. The molecule has 1 aliphatic heterocycles. The molecule has 25 heavy (non-hydrogen) atoms. The van der Waals surface area contributed by atoms with E-state index in [1.165, 1.54) is 6.92 Å². The van der Waals surface area contributed by atoms with Crippen LogP contribution in [0.1, 0.15) is 33.8 Å². The lowest BCUT2D eigenvalue weighted by Gasteiger charge is -2.29.